The molecule has 0 radical (unpaired) electrons. The quantitative estimate of drug-likeness (QED) is 0.835. The summed E-state index contributed by atoms with van der Waals surface area (Å²) in [5.74, 6) is -0.947. The van der Waals surface area contributed by atoms with Crippen molar-refractivity contribution in [2.24, 2.45) is 0 Å². The molecule has 0 aromatic rings. The van der Waals surface area contributed by atoms with E-state index in [9.17, 15) is 14.7 Å². The maximum atomic E-state index is 12.7. The number of carboxylic acid groups (broad SMARTS) is 1. The van der Waals surface area contributed by atoms with E-state index in [1.807, 2.05) is 4.90 Å². The Balaban J connectivity index is 2.28. The summed E-state index contributed by atoms with van der Waals surface area (Å²) in [6.45, 7) is 4.13. The van der Waals surface area contributed by atoms with Gasteiger partial charge >= 0.3 is 5.97 Å². The van der Waals surface area contributed by atoms with Crippen molar-refractivity contribution in [2.75, 3.05) is 0 Å². The van der Waals surface area contributed by atoms with E-state index >= 15 is 0 Å². The summed E-state index contributed by atoms with van der Waals surface area (Å²) in [5.41, 5.74) is 0.903. The van der Waals surface area contributed by atoms with Crippen LogP contribution in [0.15, 0.2) is 11.1 Å². The Bertz CT molecular complexity index is 404. The van der Waals surface area contributed by atoms with E-state index in [4.69, 9.17) is 0 Å². The number of hydrogen-bond acceptors (Lipinski definition) is 2. The van der Waals surface area contributed by atoms with Crippen LogP contribution in [0.1, 0.15) is 58.8 Å². The topological polar surface area (TPSA) is 57.6 Å². The number of carbonyl (C=O) groups excluding carboxylic acids is 1. The third-order valence-corrected chi connectivity index (χ3v) is 4.41. The van der Waals surface area contributed by atoms with Crippen molar-refractivity contribution in [1.29, 1.82) is 0 Å². The minimum atomic E-state index is -0.916. The van der Waals surface area contributed by atoms with Gasteiger partial charge < -0.3 is 10.0 Å². The number of nitrogens with zero attached hydrogens (tertiary/aromatic N) is 1. The van der Waals surface area contributed by atoms with E-state index in [1.54, 1.807) is 0 Å². The van der Waals surface area contributed by atoms with Crippen LogP contribution in [0.5, 0.6) is 0 Å². The molecule has 0 saturated carbocycles. The van der Waals surface area contributed by atoms with Crippen molar-refractivity contribution in [3.63, 3.8) is 0 Å². The van der Waals surface area contributed by atoms with Gasteiger partial charge in [0.1, 0.15) is 0 Å². The summed E-state index contributed by atoms with van der Waals surface area (Å²) >= 11 is 0. The molecule has 2 aliphatic rings. The molecule has 0 spiro atoms. The van der Waals surface area contributed by atoms with Crippen LogP contribution in [0.2, 0.25) is 0 Å². The molecular formula is C15H23NO3. The summed E-state index contributed by atoms with van der Waals surface area (Å²) in [6, 6.07) is 0.446. The summed E-state index contributed by atoms with van der Waals surface area (Å²) < 4.78 is 0. The van der Waals surface area contributed by atoms with Crippen molar-refractivity contribution in [1.82, 2.24) is 4.90 Å². The summed E-state index contributed by atoms with van der Waals surface area (Å²) in [4.78, 5) is 25.9. The molecule has 1 aliphatic carbocycles. The molecule has 1 fully saturated rings. The third kappa shape index (κ3) is 2.82. The highest BCUT2D eigenvalue weighted by Gasteiger charge is 2.33. The van der Waals surface area contributed by atoms with Gasteiger partial charge in [-0.15, -0.1) is 0 Å². The number of likely N-dealkylation sites (tertiary alicyclic amines) is 1. The highest BCUT2D eigenvalue weighted by atomic mass is 16.4. The first-order chi connectivity index (χ1) is 9.02. The highest BCUT2D eigenvalue weighted by molar-refractivity contribution is 6.02. The van der Waals surface area contributed by atoms with Gasteiger partial charge in [-0.3, -0.25) is 4.79 Å². The molecule has 2 rings (SSSR count). The van der Waals surface area contributed by atoms with Crippen LogP contribution in [-0.2, 0) is 9.59 Å². The lowest BCUT2D eigenvalue weighted by Crippen LogP contribution is -2.48. The fraction of sp³-hybridized carbons (Fsp3) is 0.733. The molecule has 4 nitrogen and oxygen atoms in total. The van der Waals surface area contributed by atoms with Crippen LogP contribution < -0.4 is 0 Å². The Labute approximate surface area is 114 Å². The number of piperidine rings is 1. The number of hydrogen-bond donors (Lipinski definition) is 1. The van der Waals surface area contributed by atoms with Crippen molar-refractivity contribution in [3.8, 4) is 0 Å². The van der Waals surface area contributed by atoms with Crippen LogP contribution >= 0.6 is 0 Å². The number of aliphatic carboxylic acids is 1. The minimum absolute atomic E-state index is 0.0307. The van der Waals surface area contributed by atoms with Gasteiger partial charge in [0.25, 0.3) is 5.91 Å². The molecule has 1 N–H and O–H groups in total. The van der Waals surface area contributed by atoms with E-state index in [0.29, 0.717) is 24.0 Å². The molecule has 1 amide bonds. The molecule has 19 heavy (non-hydrogen) atoms. The molecule has 2 atom stereocenters. The van der Waals surface area contributed by atoms with Gasteiger partial charge in [-0.1, -0.05) is 0 Å². The van der Waals surface area contributed by atoms with Crippen LogP contribution in [0.3, 0.4) is 0 Å². The van der Waals surface area contributed by atoms with Crippen molar-refractivity contribution < 1.29 is 14.7 Å². The van der Waals surface area contributed by atoms with Gasteiger partial charge in [-0.25, -0.2) is 4.79 Å². The molecular weight excluding hydrogens is 242 g/mol. The second-order valence-corrected chi connectivity index (χ2v) is 5.81. The minimum Gasteiger partial charge on any atom is -0.478 e. The molecule has 0 bridgehead atoms. The van der Waals surface area contributed by atoms with E-state index < -0.39 is 5.97 Å². The Hall–Kier alpha value is -1.32. The number of rotatable bonds is 2. The van der Waals surface area contributed by atoms with Gasteiger partial charge in [0, 0.05) is 23.2 Å². The molecule has 1 heterocycles. The largest absolute Gasteiger partial charge is 0.478 e. The zero-order chi connectivity index (χ0) is 14.0. The Morgan fingerprint density at radius 2 is 1.53 bits per heavy atom. The smallest absolute Gasteiger partial charge is 0.332 e. The SMILES string of the molecule is C[C@@H]1CCC[C@H](C)N1C(=O)C1=C(C(=O)O)CCCC1. The first-order valence-corrected chi connectivity index (χ1v) is 7.30. The number of carboxylic acids is 1. The average molecular weight is 265 g/mol. The predicted octanol–water partition coefficient (Wildman–Crippen LogP) is 2.73. The maximum absolute atomic E-state index is 12.7. The molecule has 0 aromatic carbocycles. The normalized spacial score (nSPS) is 28.4. The zero-order valence-corrected chi connectivity index (χ0v) is 11.8. The van der Waals surface area contributed by atoms with Crippen molar-refractivity contribution in [2.45, 2.75) is 70.9 Å². The maximum Gasteiger partial charge on any atom is 0.332 e. The van der Waals surface area contributed by atoms with Crippen LogP contribution in [-0.4, -0.2) is 34.0 Å². The first kappa shape index (κ1) is 14.1. The second kappa shape index (κ2) is 5.76. The van der Waals surface area contributed by atoms with E-state index in [2.05, 4.69) is 13.8 Å². The summed E-state index contributed by atoms with van der Waals surface area (Å²) in [7, 11) is 0. The lowest BCUT2D eigenvalue weighted by molar-refractivity contribution is -0.136. The molecule has 1 saturated heterocycles. The Morgan fingerprint density at radius 1 is 1.00 bits per heavy atom. The molecule has 106 valence electrons. The van der Waals surface area contributed by atoms with E-state index in [1.165, 1.54) is 0 Å². The lowest BCUT2D eigenvalue weighted by atomic mass is 9.88. The molecule has 1 aliphatic heterocycles. The van der Waals surface area contributed by atoms with E-state index in [-0.39, 0.29) is 18.0 Å². The standard InChI is InChI=1S/C15H23NO3/c1-10-6-5-7-11(2)16(10)14(17)12-8-3-4-9-13(12)15(18)19/h10-11H,3-9H2,1-2H3,(H,18,19)/t10-,11+. The number of carbonyl (C=O) groups is 2. The third-order valence-electron chi connectivity index (χ3n) is 4.41. The molecule has 0 aromatic heterocycles. The summed E-state index contributed by atoms with van der Waals surface area (Å²) in [5, 5.41) is 9.26. The monoisotopic (exact) mass is 265 g/mol. The fourth-order valence-electron chi connectivity index (χ4n) is 3.35. The average Bonchev–Trinajstić information content (AvgIpc) is 2.38. The lowest BCUT2D eigenvalue weighted by Gasteiger charge is -2.40. The Kier molecular flexibility index (Phi) is 4.27. The van der Waals surface area contributed by atoms with Gasteiger partial charge in [-0.05, 0) is 58.8 Å². The molecule has 4 heteroatoms. The van der Waals surface area contributed by atoms with Gasteiger partial charge in [0.2, 0.25) is 0 Å². The Morgan fingerprint density at radius 3 is 2.05 bits per heavy atom. The fourth-order valence-corrected chi connectivity index (χ4v) is 3.35. The predicted molar refractivity (Wildman–Crippen MR) is 72.8 cm³/mol. The van der Waals surface area contributed by atoms with E-state index in [0.717, 1.165) is 32.1 Å². The summed E-state index contributed by atoms with van der Waals surface area (Å²) in [6.07, 6.45) is 6.15. The van der Waals surface area contributed by atoms with Gasteiger partial charge in [0.05, 0.1) is 0 Å². The molecule has 0 unspecified atom stereocenters. The van der Waals surface area contributed by atoms with Crippen LogP contribution in [0.4, 0.5) is 0 Å². The van der Waals surface area contributed by atoms with Gasteiger partial charge in [-0.2, -0.15) is 0 Å². The highest BCUT2D eigenvalue weighted by Crippen LogP contribution is 2.30. The zero-order valence-electron chi connectivity index (χ0n) is 11.8. The number of amides is 1. The van der Waals surface area contributed by atoms with Crippen LogP contribution in [0, 0.1) is 0 Å². The van der Waals surface area contributed by atoms with Gasteiger partial charge in [0.15, 0.2) is 0 Å². The van der Waals surface area contributed by atoms with Crippen molar-refractivity contribution in [3.05, 3.63) is 11.1 Å². The first-order valence-electron chi connectivity index (χ1n) is 7.30. The second-order valence-electron chi connectivity index (χ2n) is 5.81. The van der Waals surface area contributed by atoms with Crippen LogP contribution in [0.25, 0.3) is 0 Å². The van der Waals surface area contributed by atoms with Crippen molar-refractivity contribution >= 4 is 11.9 Å².